The average molecular weight is 232 g/mol. The highest BCUT2D eigenvalue weighted by Crippen LogP contribution is 2.15. The van der Waals surface area contributed by atoms with E-state index in [-0.39, 0.29) is 0 Å². The van der Waals surface area contributed by atoms with Crippen LogP contribution in [0.15, 0.2) is 18.2 Å². The maximum absolute atomic E-state index is 5.26. The minimum Gasteiger partial charge on any atom is -0.481 e. The highest BCUT2D eigenvalue weighted by Gasteiger charge is 2.17. The first-order valence-electron chi connectivity index (χ1n) is 5.99. The molecule has 3 heterocycles. The molecule has 1 atom stereocenters. The van der Waals surface area contributed by atoms with Crippen molar-refractivity contribution in [2.45, 2.75) is 25.3 Å². The van der Waals surface area contributed by atoms with E-state index in [1.54, 1.807) is 11.6 Å². The van der Waals surface area contributed by atoms with Gasteiger partial charge < -0.3 is 10.1 Å². The molecule has 17 heavy (non-hydrogen) atoms. The number of ether oxygens (including phenoxy) is 1. The number of methoxy groups -OCH3 is 1. The van der Waals surface area contributed by atoms with Crippen LogP contribution < -0.4 is 10.1 Å². The monoisotopic (exact) mass is 232 g/mol. The number of nitrogens with one attached hydrogen (secondary N) is 1. The zero-order valence-electron chi connectivity index (χ0n) is 9.89. The van der Waals surface area contributed by atoms with Gasteiger partial charge in [-0.3, -0.25) is 0 Å². The summed E-state index contributed by atoms with van der Waals surface area (Å²) in [7, 11) is 1.65. The Morgan fingerprint density at radius 3 is 3.24 bits per heavy atom. The molecule has 0 spiro atoms. The van der Waals surface area contributed by atoms with E-state index in [0.29, 0.717) is 6.04 Å². The van der Waals surface area contributed by atoms with Gasteiger partial charge in [0.05, 0.1) is 7.11 Å². The van der Waals surface area contributed by atoms with Crippen LogP contribution in [0.1, 0.15) is 18.7 Å². The molecule has 3 rings (SSSR count). The quantitative estimate of drug-likeness (QED) is 0.859. The molecule has 0 amide bonds. The van der Waals surface area contributed by atoms with Gasteiger partial charge in [-0.15, -0.1) is 5.10 Å². The van der Waals surface area contributed by atoms with Crippen LogP contribution in [0, 0.1) is 0 Å². The van der Waals surface area contributed by atoms with Gasteiger partial charge in [0.2, 0.25) is 5.88 Å². The minimum absolute atomic E-state index is 0.526. The molecule has 2 aromatic heterocycles. The second-order valence-electron chi connectivity index (χ2n) is 4.36. The lowest BCUT2D eigenvalue weighted by Gasteiger charge is -2.05. The Morgan fingerprint density at radius 1 is 1.53 bits per heavy atom. The summed E-state index contributed by atoms with van der Waals surface area (Å²) in [5, 5.41) is 7.95. The molecule has 1 N–H and O–H groups in total. The van der Waals surface area contributed by atoms with Crippen LogP contribution in [0.2, 0.25) is 0 Å². The lowest BCUT2D eigenvalue weighted by molar-refractivity contribution is 0.385. The molecule has 1 aliphatic rings. The maximum Gasteiger partial charge on any atom is 0.216 e. The summed E-state index contributed by atoms with van der Waals surface area (Å²) in [6.45, 7) is 1.11. The summed E-state index contributed by atoms with van der Waals surface area (Å²) in [5.74, 6) is 1.61. The molecule has 0 saturated carbocycles. The van der Waals surface area contributed by atoms with E-state index in [1.807, 2.05) is 18.2 Å². The van der Waals surface area contributed by atoms with Gasteiger partial charge in [-0.2, -0.15) is 4.52 Å². The van der Waals surface area contributed by atoms with E-state index in [1.165, 1.54) is 12.8 Å². The Labute approximate surface area is 99.8 Å². The van der Waals surface area contributed by atoms with Gasteiger partial charge in [-0.25, -0.2) is 4.98 Å². The molecule has 1 fully saturated rings. The van der Waals surface area contributed by atoms with E-state index in [4.69, 9.17) is 4.74 Å². The van der Waals surface area contributed by atoms with Crippen molar-refractivity contribution in [1.29, 1.82) is 0 Å². The number of nitrogens with zero attached hydrogens (tertiary/aromatic N) is 3. The van der Waals surface area contributed by atoms with E-state index < -0.39 is 0 Å². The molecule has 1 saturated heterocycles. The fraction of sp³-hybridized carbons (Fsp3) is 0.500. The van der Waals surface area contributed by atoms with Crippen LogP contribution in [0.25, 0.3) is 5.65 Å². The second kappa shape index (κ2) is 4.33. The molecule has 0 radical (unpaired) electrons. The SMILES string of the molecule is COc1cccc2nc(CC3CCCN3)nn12. The largest absolute Gasteiger partial charge is 0.481 e. The fourth-order valence-electron chi connectivity index (χ4n) is 2.32. The van der Waals surface area contributed by atoms with Crippen molar-refractivity contribution < 1.29 is 4.74 Å². The first kappa shape index (κ1) is 10.5. The number of rotatable bonds is 3. The normalized spacial score (nSPS) is 19.9. The van der Waals surface area contributed by atoms with Crippen LogP contribution in [0.5, 0.6) is 5.88 Å². The Balaban J connectivity index is 1.90. The molecule has 1 unspecified atom stereocenters. The molecule has 90 valence electrons. The van der Waals surface area contributed by atoms with E-state index >= 15 is 0 Å². The van der Waals surface area contributed by atoms with Crippen molar-refractivity contribution >= 4 is 5.65 Å². The summed E-state index contributed by atoms with van der Waals surface area (Å²) < 4.78 is 7.01. The van der Waals surface area contributed by atoms with Gasteiger partial charge in [0.1, 0.15) is 0 Å². The smallest absolute Gasteiger partial charge is 0.216 e. The van der Waals surface area contributed by atoms with Crippen LogP contribution in [0.4, 0.5) is 0 Å². The number of hydrogen-bond acceptors (Lipinski definition) is 4. The molecule has 0 bridgehead atoms. The van der Waals surface area contributed by atoms with Crippen LogP contribution in [0.3, 0.4) is 0 Å². The molecule has 2 aromatic rings. The Morgan fingerprint density at radius 2 is 2.47 bits per heavy atom. The first-order valence-corrected chi connectivity index (χ1v) is 5.99. The standard InChI is InChI=1S/C12H16N4O/c1-17-12-6-2-5-11-14-10(15-16(11)12)8-9-4-3-7-13-9/h2,5-6,9,13H,3-4,7-8H2,1H3. The lowest BCUT2D eigenvalue weighted by Crippen LogP contribution is -2.24. The molecular weight excluding hydrogens is 216 g/mol. The Hall–Kier alpha value is -1.62. The van der Waals surface area contributed by atoms with Gasteiger partial charge in [0, 0.05) is 18.5 Å². The highest BCUT2D eigenvalue weighted by atomic mass is 16.5. The molecular formula is C12H16N4O. The van der Waals surface area contributed by atoms with Gasteiger partial charge in [0.15, 0.2) is 11.5 Å². The first-order chi connectivity index (χ1) is 8.36. The molecule has 5 nitrogen and oxygen atoms in total. The molecule has 5 heteroatoms. The van der Waals surface area contributed by atoms with E-state index in [0.717, 1.165) is 30.3 Å². The second-order valence-corrected chi connectivity index (χ2v) is 4.36. The zero-order valence-corrected chi connectivity index (χ0v) is 9.89. The number of aromatic nitrogens is 3. The summed E-state index contributed by atoms with van der Waals surface area (Å²) in [4.78, 5) is 4.52. The number of pyridine rings is 1. The van der Waals surface area contributed by atoms with Gasteiger partial charge in [-0.05, 0) is 25.5 Å². The van der Waals surface area contributed by atoms with Crippen molar-refractivity contribution in [2.24, 2.45) is 0 Å². The summed E-state index contributed by atoms with van der Waals surface area (Å²) in [6, 6.07) is 6.29. The third-order valence-corrected chi connectivity index (χ3v) is 3.17. The zero-order chi connectivity index (χ0) is 11.7. The topological polar surface area (TPSA) is 51.5 Å². The Bertz CT molecular complexity index is 516. The van der Waals surface area contributed by atoms with Gasteiger partial charge in [0.25, 0.3) is 0 Å². The van der Waals surface area contributed by atoms with Crippen LogP contribution >= 0.6 is 0 Å². The predicted molar refractivity (Wildman–Crippen MR) is 64.3 cm³/mol. The molecule has 1 aliphatic heterocycles. The molecule has 0 aromatic carbocycles. The van der Waals surface area contributed by atoms with Crippen molar-refractivity contribution in [3.63, 3.8) is 0 Å². The van der Waals surface area contributed by atoms with E-state index in [2.05, 4.69) is 15.4 Å². The number of hydrogen-bond donors (Lipinski definition) is 1. The lowest BCUT2D eigenvalue weighted by atomic mass is 10.1. The third-order valence-electron chi connectivity index (χ3n) is 3.17. The van der Waals surface area contributed by atoms with Crippen molar-refractivity contribution in [3.05, 3.63) is 24.0 Å². The van der Waals surface area contributed by atoms with Gasteiger partial charge >= 0.3 is 0 Å². The maximum atomic E-state index is 5.26. The Kier molecular flexibility index (Phi) is 2.68. The predicted octanol–water partition coefficient (Wildman–Crippen LogP) is 1.03. The summed E-state index contributed by atoms with van der Waals surface area (Å²) in [6.07, 6.45) is 3.36. The van der Waals surface area contributed by atoms with Gasteiger partial charge in [-0.1, -0.05) is 6.07 Å². The molecule has 0 aliphatic carbocycles. The minimum atomic E-state index is 0.526. The summed E-state index contributed by atoms with van der Waals surface area (Å²) >= 11 is 0. The average Bonchev–Trinajstić information content (AvgIpc) is 2.97. The third kappa shape index (κ3) is 1.98. The van der Waals surface area contributed by atoms with Crippen LogP contribution in [-0.4, -0.2) is 34.3 Å². The van der Waals surface area contributed by atoms with Crippen molar-refractivity contribution in [2.75, 3.05) is 13.7 Å². The van der Waals surface area contributed by atoms with Crippen LogP contribution in [-0.2, 0) is 6.42 Å². The van der Waals surface area contributed by atoms with Crippen molar-refractivity contribution in [1.82, 2.24) is 19.9 Å². The summed E-state index contributed by atoms with van der Waals surface area (Å²) in [5.41, 5.74) is 0.845. The fourth-order valence-corrected chi connectivity index (χ4v) is 2.32. The van der Waals surface area contributed by atoms with E-state index in [9.17, 15) is 0 Å². The number of fused-ring (bicyclic) bond motifs is 1. The highest BCUT2D eigenvalue weighted by molar-refractivity contribution is 5.40. The van der Waals surface area contributed by atoms with Crippen molar-refractivity contribution in [3.8, 4) is 5.88 Å².